The highest BCUT2D eigenvalue weighted by atomic mass is 15.4. The molecule has 0 unspecified atom stereocenters. The Morgan fingerprint density at radius 3 is 1.92 bits per heavy atom. The van der Waals surface area contributed by atoms with Crippen LogP contribution in [0.2, 0.25) is 0 Å². The van der Waals surface area contributed by atoms with Crippen molar-refractivity contribution in [3.05, 3.63) is 0 Å². The average Bonchev–Trinajstić information content (AvgIpc) is 2.77. The summed E-state index contributed by atoms with van der Waals surface area (Å²) in [7, 11) is 0. The summed E-state index contributed by atoms with van der Waals surface area (Å²) in [4.78, 5) is 12.9. The Morgan fingerprint density at radius 1 is 1.08 bits per heavy atom. The molecule has 2 aliphatic rings. The third-order valence-corrected chi connectivity index (χ3v) is 2.39. The Kier molecular flexibility index (Phi) is 1.98. The van der Waals surface area contributed by atoms with Gasteiger partial charge in [0.1, 0.15) is 6.17 Å². The highest BCUT2D eigenvalue weighted by Gasteiger charge is 2.20. The molecule has 0 aliphatic carbocycles. The van der Waals surface area contributed by atoms with Gasteiger partial charge in [-0.3, -0.25) is 9.98 Å². The molecule has 2 rings (SSSR count). The quantitative estimate of drug-likeness (QED) is 0.579. The maximum atomic E-state index is 4.19. The lowest BCUT2D eigenvalue weighted by Gasteiger charge is -2.30. The van der Waals surface area contributed by atoms with E-state index >= 15 is 0 Å². The van der Waals surface area contributed by atoms with Crippen LogP contribution in [-0.4, -0.2) is 54.8 Å². The normalized spacial score (nSPS) is 21.8. The molecule has 0 spiro atoms. The molecular weight excluding hydrogens is 152 g/mol. The predicted octanol–water partition coefficient (Wildman–Crippen LogP) is 0.0202. The van der Waals surface area contributed by atoms with Crippen LogP contribution in [0.4, 0.5) is 0 Å². The molecule has 0 aromatic rings. The van der Waals surface area contributed by atoms with E-state index in [1.165, 1.54) is 0 Å². The summed E-state index contributed by atoms with van der Waals surface area (Å²) in [5.74, 6) is 0. The van der Waals surface area contributed by atoms with Crippen LogP contribution in [0.5, 0.6) is 0 Å². The first-order valence-electron chi connectivity index (χ1n) is 4.39. The van der Waals surface area contributed by atoms with Crippen molar-refractivity contribution < 1.29 is 0 Å². The van der Waals surface area contributed by atoms with Crippen molar-refractivity contribution in [2.75, 3.05) is 26.2 Å². The second-order valence-corrected chi connectivity index (χ2v) is 3.15. The molecule has 0 amide bonds. The summed E-state index contributed by atoms with van der Waals surface area (Å²) >= 11 is 0. The Morgan fingerprint density at radius 2 is 1.58 bits per heavy atom. The average molecular weight is 166 g/mol. The fourth-order valence-electron chi connectivity index (χ4n) is 1.54. The van der Waals surface area contributed by atoms with E-state index < -0.39 is 0 Å². The van der Waals surface area contributed by atoms with E-state index in [2.05, 4.69) is 26.7 Å². The van der Waals surface area contributed by atoms with Crippen molar-refractivity contribution in [3.8, 4) is 0 Å². The van der Waals surface area contributed by atoms with Gasteiger partial charge >= 0.3 is 0 Å². The fraction of sp³-hybridized carbons (Fsp3) is 0.750. The minimum absolute atomic E-state index is 0.419. The number of nitrogens with zero attached hydrogens (tertiary/aromatic N) is 4. The van der Waals surface area contributed by atoms with Crippen LogP contribution in [0, 0.1) is 0 Å². The van der Waals surface area contributed by atoms with E-state index in [0.29, 0.717) is 6.17 Å². The van der Waals surface area contributed by atoms with Gasteiger partial charge < -0.3 is 9.80 Å². The van der Waals surface area contributed by atoms with Crippen molar-refractivity contribution in [3.63, 3.8) is 0 Å². The monoisotopic (exact) mass is 166 g/mol. The molecule has 0 saturated carbocycles. The van der Waals surface area contributed by atoms with Gasteiger partial charge in [0.2, 0.25) is 0 Å². The van der Waals surface area contributed by atoms with Gasteiger partial charge in [-0.1, -0.05) is 0 Å². The zero-order valence-corrected chi connectivity index (χ0v) is 7.35. The SMILES string of the molecule is CC(N1C=NCC1)N1C=NCC1. The van der Waals surface area contributed by atoms with Gasteiger partial charge in [-0.25, -0.2) is 0 Å². The molecule has 2 aliphatic heterocycles. The molecule has 12 heavy (non-hydrogen) atoms. The Hall–Kier alpha value is -1.06. The lowest BCUT2D eigenvalue weighted by atomic mass is 10.4. The molecular formula is C8H14N4. The van der Waals surface area contributed by atoms with Crippen LogP contribution in [-0.2, 0) is 0 Å². The minimum Gasteiger partial charge on any atom is -0.341 e. The molecule has 0 fully saturated rings. The summed E-state index contributed by atoms with van der Waals surface area (Å²) in [5, 5.41) is 0. The minimum atomic E-state index is 0.419. The standard InChI is InChI=1S/C8H14N4/c1-8(11-4-2-9-6-11)12-5-3-10-7-12/h6-8H,2-5H2,1H3. The van der Waals surface area contributed by atoms with Crippen LogP contribution < -0.4 is 0 Å². The maximum absolute atomic E-state index is 4.19. The number of hydrogen-bond acceptors (Lipinski definition) is 4. The lowest BCUT2D eigenvalue weighted by molar-refractivity contribution is 0.209. The van der Waals surface area contributed by atoms with Crippen LogP contribution in [0.25, 0.3) is 0 Å². The number of hydrogen-bond donors (Lipinski definition) is 0. The maximum Gasteiger partial charge on any atom is 0.100 e. The topological polar surface area (TPSA) is 31.2 Å². The largest absolute Gasteiger partial charge is 0.341 e. The molecule has 2 heterocycles. The van der Waals surface area contributed by atoms with Crippen molar-refractivity contribution in [1.29, 1.82) is 0 Å². The van der Waals surface area contributed by atoms with E-state index in [4.69, 9.17) is 0 Å². The first-order chi connectivity index (χ1) is 5.88. The fourth-order valence-corrected chi connectivity index (χ4v) is 1.54. The highest BCUT2D eigenvalue weighted by molar-refractivity contribution is 5.61. The van der Waals surface area contributed by atoms with Gasteiger partial charge in [0.05, 0.1) is 25.8 Å². The number of rotatable bonds is 2. The Labute approximate surface area is 72.6 Å². The number of aliphatic imine (C=N–C) groups is 2. The first kappa shape index (κ1) is 7.58. The van der Waals surface area contributed by atoms with E-state index in [1.807, 2.05) is 12.7 Å². The highest BCUT2D eigenvalue weighted by Crippen LogP contribution is 2.07. The van der Waals surface area contributed by atoms with Gasteiger partial charge in [0.25, 0.3) is 0 Å². The van der Waals surface area contributed by atoms with Gasteiger partial charge in [-0.15, -0.1) is 0 Å². The summed E-state index contributed by atoms with van der Waals surface area (Å²) in [5.41, 5.74) is 0. The summed E-state index contributed by atoms with van der Waals surface area (Å²) in [6, 6.07) is 0. The third kappa shape index (κ3) is 1.29. The summed E-state index contributed by atoms with van der Waals surface area (Å²) in [6.45, 7) is 6.16. The van der Waals surface area contributed by atoms with Crippen LogP contribution >= 0.6 is 0 Å². The van der Waals surface area contributed by atoms with Gasteiger partial charge in [-0.05, 0) is 6.92 Å². The molecule has 4 heteroatoms. The molecule has 0 N–H and O–H groups in total. The second-order valence-electron chi connectivity index (χ2n) is 3.15. The molecule has 0 aromatic heterocycles. The van der Waals surface area contributed by atoms with Gasteiger partial charge in [0, 0.05) is 13.1 Å². The third-order valence-electron chi connectivity index (χ3n) is 2.39. The summed E-state index contributed by atoms with van der Waals surface area (Å²) in [6.07, 6.45) is 4.30. The molecule has 0 aromatic carbocycles. The summed E-state index contributed by atoms with van der Waals surface area (Å²) < 4.78 is 0. The van der Waals surface area contributed by atoms with E-state index in [-0.39, 0.29) is 0 Å². The van der Waals surface area contributed by atoms with E-state index in [0.717, 1.165) is 26.2 Å². The molecule has 66 valence electrons. The predicted molar refractivity (Wildman–Crippen MR) is 49.6 cm³/mol. The second kappa shape index (κ2) is 3.13. The zero-order valence-electron chi connectivity index (χ0n) is 7.35. The molecule has 0 atom stereocenters. The molecule has 0 bridgehead atoms. The van der Waals surface area contributed by atoms with Crippen LogP contribution in [0.3, 0.4) is 0 Å². The van der Waals surface area contributed by atoms with E-state index in [1.54, 1.807) is 0 Å². The smallest absolute Gasteiger partial charge is 0.100 e. The van der Waals surface area contributed by atoms with Crippen molar-refractivity contribution in [2.24, 2.45) is 9.98 Å². The van der Waals surface area contributed by atoms with Crippen molar-refractivity contribution in [1.82, 2.24) is 9.80 Å². The molecule has 0 saturated heterocycles. The molecule has 0 radical (unpaired) electrons. The lowest BCUT2D eigenvalue weighted by Crippen LogP contribution is -2.43. The van der Waals surface area contributed by atoms with Crippen LogP contribution in [0.1, 0.15) is 6.92 Å². The van der Waals surface area contributed by atoms with Crippen molar-refractivity contribution >= 4 is 12.7 Å². The van der Waals surface area contributed by atoms with Crippen molar-refractivity contribution in [2.45, 2.75) is 13.1 Å². The Balaban J connectivity index is 1.94. The zero-order chi connectivity index (χ0) is 8.39. The van der Waals surface area contributed by atoms with Gasteiger partial charge in [0.15, 0.2) is 0 Å². The van der Waals surface area contributed by atoms with Crippen LogP contribution in [0.15, 0.2) is 9.98 Å². The Bertz CT molecular complexity index is 189. The van der Waals surface area contributed by atoms with E-state index in [9.17, 15) is 0 Å². The molecule has 4 nitrogen and oxygen atoms in total. The van der Waals surface area contributed by atoms with Gasteiger partial charge in [-0.2, -0.15) is 0 Å². The first-order valence-corrected chi connectivity index (χ1v) is 4.39.